The molecule has 0 aromatic heterocycles. The molecule has 0 radical (unpaired) electrons. The maximum absolute atomic E-state index is 4.99. The van der Waals surface area contributed by atoms with Crippen LogP contribution in [0.15, 0.2) is 119 Å². The summed E-state index contributed by atoms with van der Waals surface area (Å²) < 4.78 is 0. The van der Waals surface area contributed by atoms with Gasteiger partial charge in [-0.3, -0.25) is 9.98 Å². The van der Waals surface area contributed by atoms with Crippen LogP contribution in [-0.4, -0.2) is 32.7 Å². The van der Waals surface area contributed by atoms with Gasteiger partial charge in [-0.2, -0.15) is 0 Å². The molecule has 0 atom stereocenters. The van der Waals surface area contributed by atoms with Crippen molar-refractivity contribution in [1.82, 2.24) is 0 Å². The zero-order valence-electron chi connectivity index (χ0n) is 25.5. The Labute approximate surface area is 267 Å². The second-order valence-corrected chi connectivity index (χ2v) is 15.1. The first kappa shape index (κ1) is 27.7. The van der Waals surface area contributed by atoms with Crippen LogP contribution in [0.25, 0.3) is 54.6 Å². The van der Waals surface area contributed by atoms with Crippen molar-refractivity contribution in [2.24, 2.45) is 9.98 Å². The zero-order valence-corrected chi connectivity index (χ0v) is 27.2. The predicted octanol–water partition coefficient (Wildman–Crippen LogP) is 11.0. The van der Waals surface area contributed by atoms with E-state index in [2.05, 4.69) is 137 Å². The first-order valence-electron chi connectivity index (χ1n) is 15.3. The fourth-order valence-electron chi connectivity index (χ4n) is 6.58. The summed E-state index contributed by atoms with van der Waals surface area (Å²) in [5, 5.41) is 9.96. The Hall–Kier alpha value is -3.86. The zero-order chi connectivity index (χ0) is 30.1. The quantitative estimate of drug-likeness (QED) is 0.147. The van der Waals surface area contributed by atoms with Gasteiger partial charge in [0.1, 0.15) is 0 Å². The third kappa shape index (κ3) is 4.76. The highest BCUT2D eigenvalue weighted by Crippen LogP contribution is 2.46. The van der Waals surface area contributed by atoms with Gasteiger partial charge in [0, 0.05) is 22.6 Å². The summed E-state index contributed by atoms with van der Waals surface area (Å²) in [6, 6.07) is 40.5. The van der Waals surface area contributed by atoms with Crippen LogP contribution in [0, 0.1) is 0 Å². The number of thioether (sulfide) groups is 2. The fourth-order valence-corrected chi connectivity index (χ4v) is 8.92. The van der Waals surface area contributed by atoms with Gasteiger partial charge in [0.15, 0.2) is 0 Å². The van der Waals surface area contributed by atoms with Gasteiger partial charge >= 0.3 is 0 Å². The summed E-state index contributed by atoms with van der Waals surface area (Å²) in [4.78, 5) is 9.97. The lowest BCUT2D eigenvalue weighted by molar-refractivity contribution is 0.605. The van der Waals surface area contributed by atoms with Gasteiger partial charge in [-0.05, 0) is 82.3 Å². The standard InChI is InChI=1S/C40H34N2S2/c1-39(2)23-43-37(41-39)28-17-13-26(14-18-28)34-31-11-7-8-12-32(31)35(36-30-10-6-5-9-25(30)21-22-33(34)36)27-15-19-29(20-16-27)38-42-40(3,4)24-44-38/h5-22H,23-24H2,1-4H3. The van der Waals surface area contributed by atoms with Crippen molar-refractivity contribution >= 4 is 65.9 Å². The molecule has 0 unspecified atom stereocenters. The lowest BCUT2D eigenvalue weighted by Crippen LogP contribution is -2.15. The van der Waals surface area contributed by atoms with E-state index in [1.54, 1.807) is 0 Å². The molecule has 2 heterocycles. The molecule has 2 nitrogen and oxygen atoms in total. The number of nitrogens with zero attached hydrogens (tertiary/aromatic N) is 2. The molecule has 6 aromatic rings. The van der Waals surface area contributed by atoms with E-state index in [9.17, 15) is 0 Å². The molecule has 0 bridgehead atoms. The molecule has 216 valence electrons. The van der Waals surface area contributed by atoms with E-state index in [1.807, 2.05) is 23.5 Å². The van der Waals surface area contributed by atoms with Crippen molar-refractivity contribution in [3.05, 3.63) is 120 Å². The molecule has 2 aliphatic rings. The van der Waals surface area contributed by atoms with E-state index in [0.29, 0.717) is 0 Å². The summed E-state index contributed by atoms with van der Waals surface area (Å²) >= 11 is 3.72. The Bertz CT molecular complexity index is 2150. The summed E-state index contributed by atoms with van der Waals surface area (Å²) in [6.07, 6.45) is 0. The van der Waals surface area contributed by atoms with Crippen LogP contribution in [0.4, 0.5) is 0 Å². The van der Waals surface area contributed by atoms with Crippen molar-refractivity contribution in [3.63, 3.8) is 0 Å². The van der Waals surface area contributed by atoms with Crippen molar-refractivity contribution < 1.29 is 0 Å². The largest absolute Gasteiger partial charge is 0.271 e. The third-order valence-corrected chi connectivity index (χ3v) is 11.6. The van der Waals surface area contributed by atoms with Crippen molar-refractivity contribution in [2.45, 2.75) is 38.8 Å². The molecule has 0 aliphatic carbocycles. The highest BCUT2D eigenvalue weighted by molar-refractivity contribution is 8.15. The number of hydrogen-bond donors (Lipinski definition) is 0. The van der Waals surface area contributed by atoms with Crippen LogP contribution in [0.5, 0.6) is 0 Å². The van der Waals surface area contributed by atoms with Crippen LogP contribution in [0.2, 0.25) is 0 Å². The number of fused-ring (bicyclic) bond motifs is 4. The molecule has 2 aliphatic heterocycles. The maximum atomic E-state index is 4.99. The Morgan fingerprint density at radius 3 is 1.43 bits per heavy atom. The van der Waals surface area contributed by atoms with E-state index < -0.39 is 0 Å². The highest BCUT2D eigenvalue weighted by Gasteiger charge is 2.27. The SMILES string of the molecule is CC1(C)CSC(c2ccc(-c3c4ccccc4c(-c4ccc(C5=NC(C)(C)CS5)cc4)c4c3ccc3ccccc34)cc2)=N1. The van der Waals surface area contributed by atoms with Gasteiger partial charge in [-0.15, -0.1) is 23.5 Å². The Morgan fingerprint density at radius 1 is 0.455 bits per heavy atom. The molecule has 0 saturated carbocycles. The van der Waals surface area contributed by atoms with E-state index in [0.717, 1.165) is 21.6 Å². The van der Waals surface area contributed by atoms with E-state index in [4.69, 9.17) is 9.98 Å². The summed E-state index contributed by atoms with van der Waals surface area (Å²) in [5.41, 5.74) is 7.44. The number of hydrogen-bond acceptors (Lipinski definition) is 4. The van der Waals surface area contributed by atoms with Crippen LogP contribution in [0.3, 0.4) is 0 Å². The Kier molecular flexibility index (Phi) is 6.51. The van der Waals surface area contributed by atoms with Gasteiger partial charge in [0.2, 0.25) is 0 Å². The van der Waals surface area contributed by atoms with Crippen LogP contribution >= 0.6 is 23.5 Å². The minimum Gasteiger partial charge on any atom is -0.271 e. The molecule has 0 spiro atoms. The van der Waals surface area contributed by atoms with Crippen molar-refractivity contribution in [2.75, 3.05) is 11.5 Å². The minimum absolute atomic E-state index is 0.000148. The van der Waals surface area contributed by atoms with Crippen molar-refractivity contribution in [1.29, 1.82) is 0 Å². The molecule has 0 N–H and O–H groups in total. The summed E-state index contributed by atoms with van der Waals surface area (Å²) in [6.45, 7) is 8.84. The van der Waals surface area contributed by atoms with Crippen LogP contribution in [0.1, 0.15) is 38.8 Å². The summed E-state index contributed by atoms with van der Waals surface area (Å²) in [5.74, 6) is 2.05. The normalized spacial score (nSPS) is 17.4. The number of aliphatic imine (C=N–C) groups is 2. The smallest absolute Gasteiger partial charge is 0.0984 e. The van der Waals surface area contributed by atoms with Crippen LogP contribution < -0.4 is 0 Å². The van der Waals surface area contributed by atoms with Crippen molar-refractivity contribution in [3.8, 4) is 22.3 Å². The van der Waals surface area contributed by atoms with E-state index in [-0.39, 0.29) is 11.1 Å². The topological polar surface area (TPSA) is 24.7 Å². The average molecular weight is 607 g/mol. The second-order valence-electron chi connectivity index (χ2n) is 13.2. The first-order valence-corrected chi connectivity index (χ1v) is 17.3. The Balaban J connectivity index is 1.36. The predicted molar refractivity (Wildman–Crippen MR) is 196 cm³/mol. The molecular weight excluding hydrogens is 573 g/mol. The van der Waals surface area contributed by atoms with Gasteiger partial charge in [-0.1, -0.05) is 109 Å². The lowest BCUT2D eigenvalue weighted by Gasteiger charge is -2.19. The molecule has 8 rings (SSSR count). The monoisotopic (exact) mass is 606 g/mol. The molecule has 0 amide bonds. The average Bonchev–Trinajstić information content (AvgIpc) is 3.60. The molecule has 0 fully saturated rings. The maximum Gasteiger partial charge on any atom is 0.0984 e. The minimum atomic E-state index is -0.00198. The fraction of sp³-hybridized carbons (Fsp3) is 0.200. The second kappa shape index (κ2) is 10.4. The molecule has 0 saturated heterocycles. The number of benzene rings is 6. The van der Waals surface area contributed by atoms with E-state index in [1.165, 1.54) is 65.7 Å². The molecule has 44 heavy (non-hydrogen) atoms. The van der Waals surface area contributed by atoms with Gasteiger partial charge in [-0.25, -0.2) is 0 Å². The van der Waals surface area contributed by atoms with Crippen LogP contribution in [-0.2, 0) is 0 Å². The Morgan fingerprint density at radius 2 is 0.909 bits per heavy atom. The molecular formula is C40H34N2S2. The summed E-state index contributed by atoms with van der Waals surface area (Å²) in [7, 11) is 0. The molecule has 6 aromatic carbocycles. The van der Waals surface area contributed by atoms with Gasteiger partial charge in [0.25, 0.3) is 0 Å². The van der Waals surface area contributed by atoms with Gasteiger partial charge in [0.05, 0.1) is 21.2 Å². The molecule has 4 heteroatoms. The van der Waals surface area contributed by atoms with Gasteiger partial charge < -0.3 is 0 Å². The first-order chi connectivity index (χ1) is 21.3. The van der Waals surface area contributed by atoms with E-state index >= 15 is 0 Å². The number of rotatable bonds is 4. The third-order valence-electron chi connectivity index (χ3n) is 8.69. The highest BCUT2D eigenvalue weighted by atomic mass is 32.2. The lowest BCUT2D eigenvalue weighted by atomic mass is 9.84.